The molecule has 0 saturated carbocycles. The summed E-state index contributed by atoms with van der Waals surface area (Å²) in [5.74, 6) is 0.161. The molecule has 0 spiro atoms. The number of hydrogen-bond acceptors (Lipinski definition) is 2. The zero-order valence-electron chi connectivity index (χ0n) is 10.7. The summed E-state index contributed by atoms with van der Waals surface area (Å²) in [6.07, 6.45) is 8.13. The number of rotatable bonds is 6. The van der Waals surface area contributed by atoms with Crippen molar-refractivity contribution in [3.05, 3.63) is 0 Å². The molecular weight excluding hydrogens is 200 g/mol. The van der Waals surface area contributed by atoms with Crippen LogP contribution in [0.3, 0.4) is 0 Å². The Balaban J connectivity index is 2.29. The van der Waals surface area contributed by atoms with Crippen LogP contribution < -0.4 is 5.73 Å². The van der Waals surface area contributed by atoms with E-state index >= 15 is 0 Å². The van der Waals surface area contributed by atoms with E-state index in [1.54, 1.807) is 0 Å². The minimum atomic E-state index is -0.244. The molecule has 3 heteroatoms. The van der Waals surface area contributed by atoms with Crippen LogP contribution in [0, 0.1) is 0 Å². The summed E-state index contributed by atoms with van der Waals surface area (Å²) in [6.45, 7) is 5.28. The van der Waals surface area contributed by atoms with Crippen molar-refractivity contribution in [3.63, 3.8) is 0 Å². The first kappa shape index (κ1) is 13.5. The second-order valence-electron chi connectivity index (χ2n) is 4.98. The van der Waals surface area contributed by atoms with E-state index in [0.29, 0.717) is 6.04 Å². The fourth-order valence-electron chi connectivity index (χ4n) is 2.39. The number of nitrogens with two attached hydrogens (primary N) is 1. The molecule has 1 rings (SSSR count). The Morgan fingerprint density at radius 1 is 1.44 bits per heavy atom. The van der Waals surface area contributed by atoms with Gasteiger partial charge in [0, 0.05) is 12.6 Å². The van der Waals surface area contributed by atoms with E-state index in [2.05, 4.69) is 13.8 Å². The highest BCUT2D eigenvalue weighted by Crippen LogP contribution is 2.17. The van der Waals surface area contributed by atoms with Crippen molar-refractivity contribution in [2.45, 2.75) is 70.9 Å². The lowest BCUT2D eigenvalue weighted by atomic mass is 10.0. The molecule has 0 aromatic heterocycles. The maximum absolute atomic E-state index is 11.9. The van der Waals surface area contributed by atoms with Crippen LogP contribution in [-0.4, -0.2) is 29.4 Å². The first-order valence-electron chi connectivity index (χ1n) is 6.73. The molecule has 3 nitrogen and oxygen atoms in total. The molecule has 2 unspecified atom stereocenters. The molecule has 2 N–H and O–H groups in total. The molecule has 16 heavy (non-hydrogen) atoms. The maximum atomic E-state index is 11.9. The van der Waals surface area contributed by atoms with Crippen LogP contribution in [0.5, 0.6) is 0 Å². The Morgan fingerprint density at radius 3 is 2.88 bits per heavy atom. The highest BCUT2D eigenvalue weighted by molar-refractivity contribution is 5.82. The Hall–Kier alpha value is -0.570. The topological polar surface area (TPSA) is 46.3 Å². The number of likely N-dealkylation sites (tertiary alicyclic amines) is 1. The first-order valence-corrected chi connectivity index (χ1v) is 6.73. The lowest BCUT2D eigenvalue weighted by Gasteiger charge is -2.35. The fraction of sp³-hybridized carbons (Fsp3) is 0.923. The molecule has 0 radical (unpaired) electrons. The summed E-state index contributed by atoms with van der Waals surface area (Å²) in [5, 5.41) is 0. The summed E-state index contributed by atoms with van der Waals surface area (Å²) in [6, 6.07) is 0.127. The van der Waals surface area contributed by atoms with Crippen LogP contribution in [0.25, 0.3) is 0 Å². The summed E-state index contributed by atoms with van der Waals surface area (Å²) in [5.41, 5.74) is 5.79. The van der Waals surface area contributed by atoms with Gasteiger partial charge >= 0.3 is 0 Å². The fourth-order valence-corrected chi connectivity index (χ4v) is 2.39. The number of carbonyl (C=O) groups is 1. The van der Waals surface area contributed by atoms with Crippen LogP contribution in [-0.2, 0) is 4.79 Å². The van der Waals surface area contributed by atoms with E-state index in [-0.39, 0.29) is 11.9 Å². The van der Waals surface area contributed by atoms with Crippen LogP contribution >= 0.6 is 0 Å². The van der Waals surface area contributed by atoms with Gasteiger partial charge in [-0.15, -0.1) is 0 Å². The number of piperidine rings is 1. The molecule has 1 saturated heterocycles. The highest BCUT2D eigenvalue weighted by Gasteiger charge is 2.28. The largest absolute Gasteiger partial charge is 0.339 e. The summed E-state index contributed by atoms with van der Waals surface area (Å²) in [7, 11) is 0. The van der Waals surface area contributed by atoms with Gasteiger partial charge in [-0.25, -0.2) is 0 Å². The molecule has 1 amide bonds. The first-order chi connectivity index (χ1) is 7.66. The third kappa shape index (κ3) is 3.78. The predicted octanol–water partition coefficient (Wildman–Crippen LogP) is 2.29. The second kappa shape index (κ2) is 6.89. The van der Waals surface area contributed by atoms with Gasteiger partial charge in [0.15, 0.2) is 0 Å². The van der Waals surface area contributed by atoms with Gasteiger partial charge in [-0.1, -0.05) is 32.6 Å². The van der Waals surface area contributed by atoms with Crippen molar-refractivity contribution in [1.29, 1.82) is 0 Å². The molecule has 1 aliphatic heterocycles. The van der Waals surface area contributed by atoms with Crippen LogP contribution in [0.4, 0.5) is 0 Å². The van der Waals surface area contributed by atoms with Crippen molar-refractivity contribution in [2.75, 3.05) is 6.54 Å². The monoisotopic (exact) mass is 226 g/mol. The third-order valence-corrected chi connectivity index (χ3v) is 3.52. The van der Waals surface area contributed by atoms with Crippen molar-refractivity contribution in [3.8, 4) is 0 Å². The normalized spacial score (nSPS) is 23.6. The van der Waals surface area contributed by atoms with Crippen LogP contribution in [0.15, 0.2) is 0 Å². The van der Waals surface area contributed by atoms with Gasteiger partial charge < -0.3 is 10.6 Å². The molecular formula is C13H26N2O. The standard InChI is InChI=1S/C13H26N2O/c1-3-4-5-6-8-11(2)15-10-7-9-12(14)13(15)16/h11-12H,3-10,14H2,1-2H3. The summed E-state index contributed by atoms with van der Waals surface area (Å²) in [4.78, 5) is 13.8. The van der Waals surface area contributed by atoms with Crippen molar-refractivity contribution >= 4 is 5.91 Å². The molecule has 1 heterocycles. The van der Waals surface area contributed by atoms with E-state index in [1.807, 2.05) is 4.90 Å². The molecule has 0 aromatic rings. The quantitative estimate of drug-likeness (QED) is 0.706. The van der Waals surface area contributed by atoms with E-state index in [4.69, 9.17) is 5.73 Å². The summed E-state index contributed by atoms with van der Waals surface area (Å²) < 4.78 is 0. The molecule has 94 valence electrons. The van der Waals surface area contributed by atoms with Crippen LogP contribution in [0.1, 0.15) is 58.8 Å². The predicted molar refractivity (Wildman–Crippen MR) is 67.1 cm³/mol. The van der Waals surface area contributed by atoms with Gasteiger partial charge in [0.2, 0.25) is 5.91 Å². The number of amides is 1. The number of unbranched alkanes of at least 4 members (excludes halogenated alkanes) is 3. The summed E-state index contributed by atoms with van der Waals surface area (Å²) >= 11 is 0. The van der Waals surface area contributed by atoms with Gasteiger partial charge in [-0.2, -0.15) is 0 Å². The average molecular weight is 226 g/mol. The highest BCUT2D eigenvalue weighted by atomic mass is 16.2. The average Bonchev–Trinajstić information content (AvgIpc) is 2.28. The van der Waals surface area contributed by atoms with E-state index in [0.717, 1.165) is 25.8 Å². The SMILES string of the molecule is CCCCCCC(C)N1CCCC(N)C1=O. The molecule has 0 bridgehead atoms. The van der Waals surface area contributed by atoms with Gasteiger partial charge in [0.25, 0.3) is 0 Å². The Labute approximate surface area is 99.4 Å². The Kier molecular flexibility index (Phi) is 5.81. The second-order valence-corrected chi connectivity index (χ2v) is 4.98. The zero-order chi connectivity index (χ0) is 12.0. The minimum absolute atomic E-state index is 0.161. The zero-order valence-corrected chi connectivity index (χ0v) is 10.7. The lowest BCUT2D eigenvalue weighted by molar-refractivity contribution is -0.137. The third-order valence-electron chi connectivity index (χ3n) is 3.52. The Bertz CT molecular complexity index is 218. The minimum Gasteiger partial charge on any atom is -0.339 e. The smallest absolute Gasteiger partial charge is 0.239 e. The van der Waals surface area contributed by atoms with Crippen molar-refractivity contribution in [1.82, 2.24) is 4.90 Å². The van der Waals surface area contributed by atoms with Gasteiger partial charge in [0.05, 0.1) is 6.04 Å². The van der Waals surface area contributed by atoms with Gasteiger partial charge in [0.1, 0.15) is 0 Å². The van der Waals surface area contributed by atoms with Crippen molar-refractivity contribution < 1.29 is 4.79 Å². The van der Waals surface area contributed by atoms with E-state index < -0.39 is 0 Å². The molecule has 0 aliphatic carbocycles. The van der Waals surface area contributed by atoms with E-state index in [1.165, 1.54) is 25.7 Å². The number of hydrogen-bond donors (Lipinski definition) is 1. The number of nitrogens with zero attached hydrogens (tertiary/aromatic N) is 1. The molecule has 1 fully saturated rings. The van der Waals surface area contributed by atoms with Crippen LogP contribution in [0.2, 0.25) is 0 Å². The van der Waals surface area contributed by atoms with Gasteiger partial charge in [-0.3, -0.25) is 4.79 Å². The lowest BCUT2D eigenvalue weighted by Crippen LogP contribution is -2.51. The maximum Gasteiger partial charge on any atom is 0.239 e. The van der Waals surface area contributed by atoms with E-state index in [9.17, 15) is 4.79 Å². The Morgan fingerprint density at radius 2 is 2.19 bits per heavy atom. The molecule has 0 aromatic carbocycles. The number of carbonyl (C=O) groups excluding carboxylic acids is 1. The molecule has 1 aliphatic rings. The van der Waals surface area contributed by atoms with Crippen molar-refractivity contribution in [2.24, 2.45) is 5.73 Å². The molecule has 2 atom stereocenters. The van der Waals surface area contributed by atoms with Gasteiger partial charge in [-0.05, 0) is 26.2 Å².